The fourth-order valence-electron chi connectivity index (χ4n) is 2.90. The standard InChI is InChI=1S/C24H21FN2O5/c1-15(28)19-5-3-4-6-20(19)27-24(30)16-7-12-21(22(13-16)31-2)32-14-23(29)26-18-10-8-17(25)9-11-18/h3-13H,14H2,1-2H3,(H,26,29)(H,27,30). The highest BCUT2D eigenvalue weighted by Crippen LogP contribution is 2.29. The first-order valence-electron chi connectivity index (χ1n) is 9.65. The van der Waals surface area contributed by atoms with Gasteiger partial charge in [0.1, 0.15) is 5.82 Å². The van der Waals surface area contributed by atoms with E-state index in [0.717, 1.165) is 0 Å². The minimum atomic E-state index is -0.443. The molecule has 0 atom stereocenters. The number of benzene rings is 3. The molecule has 32 heavy (non-hydrogen) atoms. The number of nitrogens with one attached hydrogen (secondary N) is 2. The molecule has 2 amide bonds. The number of hydrogen-bond donors (Lipinski definition) is 2. The van der Waals surface area contributed by atoms with Gasteiger partial charge in [0, 0.05) is 16.8 Å². The number of amides is 2. The van der Waals surface area contributed by atoms with Crippen LogP contribution in [0.4, 0.5) is 15.8 Å². The predicted molar refractivity (Wildman–Crippen MR) is 118 cm³/mol. The van der Waals surface area contributed by atoms with Crippen molar-refractivity contribution < 1.29 is 28.2 Å². The molecule has 0 spiro atoms. The van der Waals surface area contributed by atoms with Crippen LogP contribution in [0.5, 0.6) is 11.5 Å². The molecule has 0 heterocycles. The number of anilines is 2. The molecule has 0 fully saturated rings. The number of hydrogen-bond acceptors (Lipinski definition) is 5. The van der Waals surface area contributed by atoms with E-state index < -0.39 is 17.6 Å². The quantitative estimate of drug-likeness (QED) is 0.514. The number of carbonyl (C=O) groups excluding carboxylic acids is 3. The van der Waals surface area contributed by atoms with Gasteiger partial charge in [0.2, 0.25) is 0 Å². The van der Waals surface area contributed by atoms with Crippen LogP contribution in [0.3, 0.4) is 0 Å². The predicted octanol–water partition coefficient (Wildman–Crippen LogP) is 4.31. The molecule has 3 aromatic rings. The summed E-state index contributed by atoms with van der Waals surface area (Å²) in [5, 5.41) is 5.30. The van der Waals surface area contributed by atoms with E-state index in [4.69, 9.17) is 9.47 Å². The third kappa shape index (κ3) is 5.69. The number of Topliss-reactive ketones (excluding diaryl/α,β-unsaturated/α-hetero) is 1. The highest BCUT2D eigenvalue weighted by molar-refractivity contribution is 6.09. The molecule has 0 aliphatic carbocycles. The number of ether oxygens (including phenoxy) is 2. The zero-order valence-corrected chi connectivity index (χ0v) is 17.5. The van der Waals surface area contributed by atoms with E-state index in [9.17, 15) is 18.8 Å². The van der Waals surface area contributed by atoms with Crippen LogP contribution in [0, 0.1) is 5.82 Å². The lowest BCUT2D eigenvalue weighted by Crippen LogP contribution is -2.20. The van der Waals surface area contributed by atoms with Gasteiger partial charge in [-0.1, -0.05) is 12.1 Å². The molecule has 0 unspecified atom stereocenters. The largest absolute Gasteiger partial charge is 0.493 e. The van der Waals surface area contributed by atoms with Crippen LogP contribution < -0.4 is 20.1 Å². The van der Waals surface area contributed by atoms with Crippen molar-refractivity contribution in [2.45, 2.75) is 6.92 Å². The SMILES string of the molecule is COc1cc(C(=O)Nc2ccccc2C(C)=O)ccc1OCC(=O)Nc1ccc(F)cc1. The third-order valence-electron chi connectivity index (χ3n) is 4.47. The van der Waals surface area contributed by atoms with Gasteiger partial charge in [-0.2, -0.15) is 0 Å². The molecular weight excluding hydrogens is 415 g/mol. The van der Waals surface area contributed by atoms with E-state index in [1.54, 1.807) is 24.3 Å². The molecule has 8 heteroatoms. The first-order chi connectivity index (χ1) is 15.4. The van der Waals surface area contributed by atoms with Crippen LogP contribution in [0.25, 0.3) is 0 Å². The Morgan fingerprint density at radius 2 is 1.62 bits per heavy atom. The Morgan fingerprint density at radius 3 is 2.31 bits per heavy atom. The van der Waals surface area contributed by atoms with Crippen molar-refractivity contribution in [3.8, 4) is 11.5 Å². The average Bonchev–Trinajstić information content (AvgIpc) is 2.79. The molecule has 3 aromatic carbocycles. The van der Waals surface area contributed by atoms with Gasteiger partial charge in [-0.25, -0.2) is 4.39 Å². The molecule has 0 radical (unpaired) electrons. The van der Waals surface area contributed by atoms with Crippen LogP contribution in [0.15, 0.2) is 66.7 Å². The lowest BCUT2D eigenvalue weighted by atomic mass is 10.1. The summed E-state index contributed by atoms with van der Waals surface area (Å²) in [5.41, 5.74) is 1.52. The van der Waals surface area contributed by atoms with Crippen molar-refractivity contribution >= 4 is 29.0 Å². The second kappa shape index (κ2) is 10.2. The lowest BCUT2D eigenvalue weighted by Gasteiger charge is -2.13. The molecule has 2 N–H and O–H groups in total. The summed E-state index contributed by atoms with van der Waals surface area (Å²) in [6.07, 6.45) is 0. The van der Waals surface area contributed by atoms with Crippen LogP contribution in [0.1, 0.15) is 27.6 Å². The van der Waals surface area contributed by atoms with E-state index >= 15 is 0 Å². The van der Waals surface area contributed by atoms with Gasteiger partial charge in [0.25, 0.3) is 11.8 Å². The van der Waals surface area contributed by atoms with Crippen molar-refractivity contribution in [3.05, 3.63) is 83.7 Å². The van der Waals surface area contributed by atoms with Gasteiger partial charge in [0.15, 0.2) is 23.9 Å². The number of halogens is 1. The van der Waals surface area contributed by atoms with Crippen LogP contribution in [-0.4, -0.2) is 31.3 Å². The third-order valence-corrected chi connectivity index (χ3v) is 4.47. The Labute approximate surface area is 184 Å². The zero-order chi connectivity index (χ0) is 23.1. The summed E-state index contributed by atoms with van der Waals surface area (Å²) < 4.78 is 23.7. The second-order valence-electron chi connectivity index (χ2n) is 6.77. The van der Waals surface area contributed by atoms with Crippen LogP contribution >= 0.6 is 0 Å². The number of ketones is 1. The minimum absolute atomic E-state index is 0.166. The van der Waals surface area contributed by atoms with Gasteiger partial charge in [-0.05, 0) is 61.5 Å². The summed E-state index contributed by atoms with van der Waals surface area (Å²) in [6.45, 7) is 1.11. The van der Waals surface area contributed by atoms with Crippen molar-refractivity contribution in [2.24, 2.45) is 0 Å². The van der Waals surface area contributed by atoms with E-state index in [1.165, 1.54) is 56.5 Å². The Bertz CT molecular complexity index is 1150. The molecule has 7 nitrogen and oxygen atoms in total. The number of rotatable bonds is 8. The maximum atomic E-state index is 12.9. The second-order valence-corrected chi connectivity index (χ2v) is 6.77. The summed E-state index contributed by atoms with van der Waals surface area (Å²) >= 11 is 0. The van der Waals surface area contributed by atoms with Crippen LogP contribution in [0.2, 0.25) is 0 Å². The Morgan fingerprint density at radius 1 is 0.906 bits per heavy atom. The van der Waals surface area contributed by atoms with Gasteiger partial charge in [-0.3, -0.25) is 14.4 Å². The van der Waals surface area contributed by atoms with Crippen molar-refractivity contribution in [1.29, 1.82) is 0 Å². The molecule has 0 saturated heterocycles. The molecule has 0 saturated carbocycles. The summed E-state index contributed by atoms with van der Waals surface area (Å²) in [6, 6.07) is 16.5. The lowest BCUT2D eigenvalue weighted by molar-refractivity contribution is -0.118. The molecule has 0 aliphatic heterocycles. The Kier molecular flexibility index (Phi) is 7.17. The number of para-hydroxylation sites is 1. The first-order valence-corrected chi connectivity index (χ1v) is 9.65. The first kappa shape index (κ1) is 22.5. The van der Waals surface area contributed by atoms with Gasteiger partial charge in [0.05, 0.1) is 12.8 Å². The number of methoxy groups -OCH3 is 1. The summed E-state index contributed by atoms with van der Waals surface area (Å²) in [5.74, 6) is -0.924. The van der Waals surface area contributed by atoms with E-state index in [2.05, 4.69) is 10.6 Å². The van der Waals surface area contributed by atoms with E-state index in [0.29, 0.717) is 16.9 Å². The minimum Gasteiger partial charge on any atom is -0.493 e. The van der Waals surface area contributed by atoms with Crippen molar-refractivity contribution in [3.63, 3.8) is 0 Å². The molecule has 164 valence electrons. The maximum absolute atomic E-state index is 12.9. The highest BCUT2D eigenvalue weighted by atomic mass is 19.1. The fourth-order valence-corrected chi connectivity index (χ4v) is 2.90. The summed E-state index contributed by atoms with van der Waals surface area (Å²) in [7, 11) is 1.41. The average molecular weight is 436 g/mol. The van der Waals surface area contributed by atoms with Gasteiger partial charge < -0.3 is 20.1 Å². The Hall–Kier alpha value is -4.20. The number of carbonyl (C=O) groups is 3. The molecule has 0 aromatic heterocycles. The molecule has 3 rings (SSSR count). The molecule has 0 bridgehead atoms. The Balaban J connectivity index is 1.66. The van der Waals surface area contributed by atoms with Crippen molar-refractivity contribution in [2.75, 3.05) is 24.4 Å². The summed E-state index contributed by atoms with van der Waals surface area (Å²) in [4.78, 5) is 36.5. The normalized spacial score (nSPS) is 10.2. The monoisotopic (exact) mass is 436 g/mol. The van der Waals surface area contributed by atoms with Crippen LogP contribution in [-0.2, 0) is 4.79 Å². The fraction of sp³-hybridized carbons (Fsp3) is 0.125. The molecule has 0 aliphatic rings. The molecular formula is C24H21FN2O5. The maximum Gasteiger partial charge on any atom is 0.262 e. The smallest absolute Gasteiger partial charge is 0.262 e. The van der Waals surface area contributed by atoms with E-state index in [1.807, 2.05) is 0 Å². The highest BCUT2D eigenvalue weighted by Gasteiger charge is 2.15. The topological polar surface area (TPSA) is 93.7 Å². The van der Waals surface area contributed by atoms with Gasteiger partial charge >= 0.3 is 0 Å². The van der Waals surface area contributed by atoms with Crippen molar-refractivity contribution in [1.82, 2.24) is 0 Å². The van der Waals surface area contributed by atoms with Gasteiger partial charge in [-0.15, -0.1) is 0 Å². The van der Waals surface area contributed by atoms with E-state index in [-0.39, 0.29) is 29.5 Å². The zero-order valence-electron chi connectivity index (χ0n) is 17.5.